The fraction of sp³-hybridized carbons (Fsp3) is 0.464. The van der Waals surface area contributed by atoms with Gasteiger partial charge in [0, 0.05) is 25.0 Å². The van der Waals surface area contributed by atoms with Crippen molar-refractivity contribution in [1.29, 1.82) is 5.26 Å². The van der Waals surface area contributed by atoms with Crippen LogP contribution < -0.4 is 0 Å². The Morgan fingerprint density at radius 1 is 1.27 bits per heavy atom. The van der Waals surface area contributed by atoms with Crippen molar-refractivity contribution in [1.82, 2.24) is 9.80 Å². The molecule has 0 bridgehead atoms. The van der Waals surface area contributed by atoms with Crippen LogP contribution >= 0.6 is 0 Å². The van der Waals surface area contributed by atoms with E-state index in [1.54, 1.807) is 12.1 Å². The summed E-state index contributed by atoms with van der Waals surface area (Å²) < 4.78 is 0. The van der Waals surface area contributed by atoms with E-state index in [0.29, 0.717) is 11.3 Å². The van der Waals surface area contributed by atoms with Crippen LogP contribution in [0.2, 0.25) is 0 Å². The summed E-state index contributed by atoms with van der Waals surface area (Å²) in [7, 11) is 2.05. The number of rotatable bonds is 10. The second kappa shape index (κ2) is 12.9. The lowest BCUT2D eigenvalue weighted by atomic mass is 9.94. The van der Waals surface area contributed by atoms with Crippen molar-refractivity contribution >= 4 is 11.6 Å². The Kier molecular flexibility index (Phi) is 10.3. The molecule has 0 aromatic heterocycles. The standard InChI is InChI=1S/C28H38N4O/c1-21(25(5)31(6)15-10-18-32-16-8-7-9-17-32)11-12-23(3)30-28(33)24(4)27-14-13-26(20-29)19-22(27)2/h11-14,19,24H,1,5,7-10,15-18H2,2-4,6H3/b12-11-,30-23?. The molecule has 1 fully saturated rings. The van der Waals surface area contributed by atoms with Gasteiger partial charge in [0.1, 0.15) is 0 Å². The van der Waals surface area contributed by atoms with E-state index >= 15 is 0 Å². The van der Waals surface area contributed by atoms with Crippen molar-refractivity contribution in [2.24, 2.45) is 4.99 Å². The van der Waals surface area contributed by atoms with Crippen molar-refractivity contribution in [3.05, 3.63) is 71.5 Å². The number of likely N-dealkylation sites (tertiary alicyclic amines) is 1. The number of piperidine rings is 1. The minimum atomic E-state index is -0.370. The highest BCUT2D eigenvalue weighted by atomic mass is 16.1. The zero-order valence-electron chi connectivity index (χ0n) is 20.7. The van der Waals surface area contributed by atoms with E-state index in [4.69, 9.17) is 5.26 Å². The van der Waals surface area contributed by atoms with Crippen molar-refractivity contribution in [2.45, 2.75) is 52.4 Å². The molecule has 1 aromatic carbocycles. The topological polar surface area (TPSA) is 59.7 Å². The number of aliphatic imine (C=N–C) groups is 1. The normalized spacial score (nSPS) is 15.8. The van der Waals surface area contributed by atoms with E-state index in [2.05, 4.69) is 34.0 Å². The van der Waals surface area contributed by atoms with Gasteiger partial charge in [-0.1, -0.05) is 31.7 Å². The molecule has 1 aromatic rings. The number of hydrogen-bond acceptors (Lipinski definition) is 4. The third-order valence-electron chi connectivity index (χ3n) is 6.30. The van der Waals surface area contributed by atoms with Gasteiger partial charge in [0.05, 0.1) is 17.6 Å². The molecule has 1 atom stereocenters. The molecule has 2 rings (SSSR count). The molecule has 1 amide bonds. The number of likely N-dealkylation sites (N-methyl/N-ethyl adjacent to an activating group) is 1. The Morgan fingerprint density at radius 2 is 1.97 bits per heavy atom. The van der Waals surface area contributed by atoms with E-state index in [1.807, 2.05) is 46.0 Å². The molecule has 1 saturated heterocycles. The number of benzene rings is 1. The van der Waals surface area contributed by atoms with Gasteiger partial charge in [0.15, 0.2) is 0 Å². The number of carbonyl (C=O) groups is 1. The van der Waals surface area contributed by atoms with Crippen LogP contribution in [-0.4, -0.2) is 54.6 Å². The molecule has 176 valence electrons. The Balaban J connectivity index is 1.87. The van der Waals surface area contributed by atoms with E-state index < -0.39 is 0 Å². The van der Waals surface area contributed by atoms with Crippen LogP contribution in [0.3, 0.4) is 0 Å². The molecule has 0 aliphatic carbocycles. The lowest BCUT2D eigenvalue weighted by molar-refractivity contribution is -0.118. The van der Waals surface area contributed by atoms with Crippen molar-refractivity contribution in [3.8, 4) is 6.07 Å². The summed E-state index contributed by atoms with van der Waals surface area (Å²) in [6.45, 7) is 18.4. The fourth-order valence-electron chi connectivity index (χ4n) is 4.08. The van der Waals surface area contributed by atoms with Gasteiger partial charge in [0.25, 0.3) is 5.91 Å². The Hall–Kier alpha value is -2.97. The highest BCUT2D eigenvalue weighted by Crippen LogP contribution is 2.22. The van der Waals surface area contributed by atoms with E-state index in [9.17, 15) is 4.79 Å². The Bertz CT molecular complexity index is 961. The molecule has 0 saturated carbocycles. The molecule has 1 unspecified atom stereocenters. The molecular formula is C28H38N4O. The predicted molar refractivity (Wildman–Crippen MR) is 137 cm³/mol. The molecule has 0 N–H and O–H groups in total. The van der Waals surface area contributed by atoms with Crippen LogP contribution in [0.1, 0.15) is 62.1 Å². The third-order valence-corrected chi connectivity index (χ3v) is 6.30. The molecule has 1 heterocycles. The highest BCUT2D eigenvalue weighted by molar-refractivity contribution is 6.02. The molecular weight excluding hydrogens is 408 g/mol. The minimum Gasteiger partial charge on any atom is -0.375 e. The van der Waals surface area contributed by atoms with Crippen LogP contribution in [0.5, 0.6) is 0 Å². The monoisotopic (exact) mass is 446 g/mol. The number of hydrogen-bond donors (Lipinski definition) is 0. The largest absolute Gasteiger partial charge is 0.375 e. The number of allylic oxidation sites excluding steroid dienone is 2. The van der Waals surface area contributed by atoms with Crippen LogP contribution in [0, 0.1) is 18.3 Å². The Morgan fingerprint density at radius 3 is 2.61 bits per heavy atom. The molecule has 5 nitrogen and oxygen atoms in total. The zero-order valence-corrected chi connectivity index (χ0v) is 20.7. The summed E-state index contributed by atoms with van der Waals surface area (Å²) in [6, 6.07) is 7.50. The number of aryl methyl sites for hydroxylation is 1. The smallest absolute Gasteiger partial charge is 0.253 e. The van der Waals surface area contributed by atoms with E-state index in [0.717, 1.165) is 41.9 Å². The van der Waals surface area contributed by atoms with Gasteiger partial charge in [0.2, 0.25) is 0 Å². The second-order valence-electron chi connectivity index (χ2n) is 8.98. The summed E-state index contributed by atoms with van der Waals surface area (Å²) in [4.78, 5) is 21.6. The number of amides is 1. The maximum absolute atomic E-state index is 12.7. The van der Waals surface area contributed by atoms with Gasteiger partial charge in [-0.15, -0.1) is 0 Å². The SMILES string of the molecule is C=C(/C=C\C(C)=NC(=O)C(C)c1ccc(C#N)cc1C)C(=C)N(C)CCCN1CCCCC1. The summed E-state index contributed by atoms with van der Waals surface area (Å²) in [5.41, 5.74) is 4.72. The van der Waals surface area contributed by atoms with E-state index in [1.165, 1.54) is 32.4 Å². The summed E-state index contributed by atoms with van der Waals surface area (Å²) in [6.07, 6.45) is 8.78. The maximum atomic E-state index is 12.7. The maximum Gasteiger partial charge on any atom is 0.253 e. The summed E-state index contributed by atoms with van der Waals surface area (Å²) >= 11 is 0. The molecule has 0 radical (unpaired) electrons. The van der Waals surface area contributed by atoms with Crippen LogP contribution in [-0.2, 0) is 4.79 Å². The molecule has 1 aliphatic heterocycles. The summed E-state index contributed by atoms with van der Waals surface area (Å²) in [5.74, 6) is -0.575. The lowest BCUT2D eigenvalue weighted by Gasteiger charge is -2.28. The van der Waals surface area contributed by atoms with Gasteiger partial charge in [-0.05, 0) is 94.6 Å². The second-order valence-corrected chi connectivity index (χ2v) is 8.98. The van der Waals surface area contributed by atoms with Crippen LogP contribution in [0.4, 0.5) is 0 Å². The first-order chi connectivity index (χ1) is 15.7. The van der Waals surface area contributed by atoms with Crippen LogP contribution in [0.25, 0.3) is 0 Å². The molecule has 1 aliphatic rings. The van der Waals surface area contributed by atoms with Gasteiger partial charge >= 0.3 is 0 Å². The minimum absolute atomic E-state index is 0.204. The number of nitriles is 1. The molecule has 33 heavy (non-hydrogen) atoms. The van der Waals surface area contributed by atoms with Gasteiger partial charge in [-0.25, -0.2) is 4.99 Å². The fourth-order valence-corrected chi connectivity index (χ4v) is 4.08. The predicted octanol–water partition coefficient (Wildman–Crippen LogP) is 5.39. The van der Waals surface area contributed by atoms with Crippen molar-refractivity contribution < 1.29 is 4.79 Å². The van der Waals surface area contributed by atoms with Gasteiger partial charge in [-0.3, -0.25) is 4.79 Å². The van der Waals surface area contributed by atoms with Gasteiger partial charge in [-0.2, -0.15) is 5.26 Å². The lowest BCUT2D eigenvalue weighted by Crippen LogP contribution is -2.32. The first-order valence-electron chi connectivity index (χ1n) is 11.8. The Labute approximate surface area is 199 Å². The quantitative estimate of drug-likeness (QED) is 0.357. The molecule has 5 heteroatoms. The highest BCUT2D eigenvalue weighted by Gasteiger charge is 2.17. The van der Waals surface area contributed by atoms with Crippen molar-refractivity contribution in [3.63, 3.8) is 0 Å². The first-order valence-corrected chi connectivity index (χ1v) is 11.8. The zero-order chi connectivity index (χ0) is 24.4. The van der Waals surface area contributed by atoms with E-state index in [-0.39, 0.29) is 11.8 Å². The summed E-state index contributed by atoms with van der Waals surface area (Å²) in [5, 5.41) is 9.03. The number of nitrogens with zero attached hydrogens (tertiary/aromatic N) is 4. The third kappa shape index (κ3) is 8.14. The molecule has 0 spiro atoms. The number of carbonyl (C=O) groups excluding carboxylic acids is 1. The van der Waals surface area contributed by atoms with Gasteiger partial charge < -0.3 is 9.80 Å². The average Bonchev–Trinajstić information content (AvgIpc) is 2.81. The van der Waals surface area contributed by atoms with Crippen molar-refractivity contribution in [2.75, 3.05) is 33.2 Å². The first kappa shape index (κ1) is 26.3. The average molecular weight is 447 g/mol. The van der Waals surface area contributed by atoms with Crippen LogP contribution in [0.15, 0.2) is 59.8 Å².